The van der Waals surface area contributed by atoms with Crippen molar-refractivity contribution in [1.82, 2.24) is 4.90 Å². The van der Waals surface area contributed by atoms with Crippen LogP contribution in [0.3, 0.4) is 0 Å². The van der Waals surface area contributed by atoms with Gasteiger partial charge in [0.05, 0.1) is 0 Å². The summed E-state index contributed by atoms with van der Waals surface area (Å²) >= 11 is 0. The predicted octanol–water partition coefficient (Wildman–Crippen LogP) is 0.285. The van der Waals surface area contributed by atoms with Crippen molar-refractivity contribution in [2.45, 2.75) is 18.9 Å². The lowest BCUT2D eigenvalue weighted by Gasteiger charge is -2.35. The molecule has 0 bridgehead atoms. The first-order chi connectivity index (χ1) is 4.20. The fourth-order valence-corrected chi connectivity index (χ4v) is 1.29. The van der Waals surface area contributed by atoms with Crippen molar-refractivity contribution in [2.75, 3.05) is 20.6 Å². The van der Waals surface area contributed by atoms with Crippen molar-refractivity contribution >= 4 is 0 Å². The van der Waals surface area contributed by atoms with Crippen LogP contribution in [-0.2, 0) is 0 Å². The summed E-state index contributed by atoms with van der Waals surface area (Å²) in [6.45, 7) is 1.17. The molecular weight excluding hydrogens is 112 g/mol. The quantitative estimate of drug-likeness (QED) is 0.579. The number of nitrogens with two attached hydrogens (primary N) is 1. The highest BCUT2D eigenvalue weighted by Crippen LogP contribution is 2.25. The fourth-order valence-electron chi connectivity index (χ4n) is 1.29. The minimum Gasteiger partial charge on any atom is -0.327 e. The minimum absolute atomic E-state index is 0.493. The van der Waals surface area contributed by atoms with Crippen LogP contribution in [0.25, 0.3) is 0 Å². The highest BCUT2D eigenvalue weighted by molar-refractivity contribution is 4.84. The van der Waals surface area contributed by atoms with E-state index in [1.54, 1.807) is 0 Å². The molecule has 0 aromatic rings. The molecule has 2 atom stereocenters. The van der Waals surface area contributed by atoms with Crippen molar-refractivity contribution in [3.8, 4) is 0 Å². The van der Waals surface area contributed by atoms with E-state index in [1.807, 2.05) is 0 Å². The van der Waals surface area contributed by atoms with Crippen molar-refractivity contribution < 1.29 is 0 Å². The van der Waals surface area contributed by atoms with Crippen LogP contribution in [0, 0.1) is 5.92 Å². The molecule has 1 fully saturated rings. The summed E-state index contributed by atoms with van der Waals surface area (Å²) in [7, 11) is 4.20. The lowest BCUT2D eigenvalue weighted by molar-refractivity contribution is 0.194. The molecule has 1 saturated carbocycles. The summed E-state index contributed by atoms with van der Waals surface area (Å²) in [5.74, 6) is 0.778. The maximum Gasteiger partial charge on any atom is 0.00795 e. The van der Waals surface area contributed by atoms with Gasteiger partial charge in [-0.2, -0.15) is 0 Å². The molecule has 1 rings (SSSR count). The summed E-state index contributed by atoms with van der Waals surface area (Å²) in [6, 6.07) is 0.493. The van der Waals surface area contributed by atoms with E-state index in [4.69, 9.17) is 5.73 Å². The Kier molecular flexibility index (Phi) is 2.09. The van der Waals surface area contributed by atoms with Gasteiger partial charge in [-0.25, -0.2) is 0 Å². The van der Waals surface area contributed by atoms with Crippen LogP contribution in [0.4, 0.5) is 0 Å². The molecule has 0 aromatic heterocycles. The van der Waals surface area contributed by atoms with E-state index in [2.05, 4.69) is 19.0 Å². The average Bonchev–Trinajstić information content (AvgIpc) is 1.79. The number of rotatable bonds is 2. The molecule has 0 unspecified atom stereocenters. The normalized spacial score (nSPS) is 34.7. The third-order valence-corrected chi connectivity index (χ3v) is 2.08. The lowest BCUT2D eigenvalue weighted by Crippen LogP contribution is -2.44. The standard InChI is InChI=1S/C7H16N2/c1-9(2)5-6-3-4-7(6)8/h6-7H,3-5,8H2,1-2H3/t6-,7+/m1/s1. The molecule has 0 radical (unpaired) electrons. The highest BCUT2D eigenvalue weighted by Gasteiger charge is 2.26. The Labute approximate surface area is 57.0 Å². The van der Waals surface area contributed by atoms with E-state index < -0.39 is 0 Å². The van der Waals surface area contributed by atoms with E-state index in [0.717, 1.165) is 5.92 Å². The Hall–Kier alpha value is -0.0800. The molecular formula is C7H16N2. The molecule has 0 spiro atoms. The average molecular weight is 128 g/mol. The Bertz CT molecular complexity index is 90.9. The monoisotopic (exact) mass is 128 g/mol. The summed E-state index contributed by atoms with van der Waals surface area (Å²) in [6.07, 6.45) is 2.57. The molecule has 2 heteroatoms. The molecule has 0 heterocycles. The highest BCUT2D eigenvalue weighted by atomic mass is 15.1. The van der Waals surface area contributed by atoms with Crippen molar-refractivity contribution in [3.05, 3.63) is 0 Å². The molecule has 54 valence electrons. The van der Waals surface area contributed by atoms with Gasteiger partial charge in [0.1, 0.15) is 0 Å². The van der Waals surface area contributed by atoms with E-state index in [-0.39, 0.29) is 0 Å². The zero-order chi connectivity index (χ0) is 6.85. The lowest BCUT2D eigenvalue weighted by atomic mass is 9.80. The van der Waals surface area contributed by atoms with Gasteiger partial charge >= 0.3 is 0 Å². The fraction of sp³-hybridized carbons (Fsp3) is 1.00. The summed E-state index contributed by atoms with van der Waals surface area (Å²) in [5.41, 5.74) is 5.74. The van der Waals surface area contributed by atoms with Crippen LogP contribution in [0.2, 0.25) is 0 Å². The first kappa shape index (κ1) is 7.03. The molecule has 1 aliphatic rings. The van der Waals surface area contributed by atoms with Crippen LogP contribution >= 0.6 is 0 Å². The minimum atomic E-state index is 0.493. The van der Waals surface area contributed by atoms with Gasteiger partial charge in [-0.3, -0.25) is 0 Å². The van der Waals surface area contributed by atoms with Crippen LogP contribution in [-0.4, -0.2) is 31.6 Å². The molecule has 0 aliphatic heterocycles. The molecule has 0 amide bonds. The molecule has 9 heavy (non-hydrogen) atoms. The molecule has 0 saturated heterocycles. The van der Waals surface area contributed by atoms with Crippen molar-refractivity contribution in [3.63, 3.8) is 0 Å². The number of hydrogen-bond acceptors (Lipinski definition) is 2. The molecule has 2 nitrogen and oxygen atoms in total. The maximum atomic E-state index is 5.74. The van der Waals surface area contributed by atoms with E-state index >= 15 is 0 Å². The molecule has 0 aromatic carbocycles. The Morgan fingerprint density at radius 2 is 2.11 bits per heavy atom. The van der Waals surface area contributed by atoms with Gasteiger partial charge in [0.15, 0.2) is 0 Å². The molecule has 1 aliphatic carbocycles. The van der Waals surface area contributed by atoms with Gasteiger partial charge in [-0.15, -0.1) is 0 Å². The van der Waals surface area contributed by atoms with E-state index in [1.165, 1.54) is 19.4 Å². The SMILES string of the molecule is CN(C)C[C@H]1CC[C@@H]1N. The van der Waals surface area contributed by atoms with Crippen LogP contribution in [0.5, 0.6) is 0 Å². The van der Waals surface area contributed by atoms with Crippen LogP contribution in [0.15, 0.2) is 0 Å². The van der Waals surface area contributed by atoms with Gasteiger partial charge in [-0.1, -0.05) is 0 Å². The predicted molar refractivity (Wildman–Crippen MR) is 39.3 cm³/mol. The second-order valence-corrected chi connectivity index (χ2v) is 3.26. The van der Waals surface area contributed by atoms with Gasteiger partial charge < -0.3 is 10.6 Å². The second kappa shape index (κ2) is 2.67. The van der Waals surface area contributed by atoms with Gasteiger partial charge in [0.25, 0.3) is 0 Å². The van der Waals surface area contributed by atoms with Crippen LogP contribution < -0.4 is 5.73 Å². The topological polar surface area (TPSA) is 29.3 Å². The second-order valence-electron chi connectivity index (χ2n) is 3.26. The van der Waals surface area contributed by atoms with Crippen molar-refractivity contribution in [1.29, 1.82) is 0 Å². The zero-order valence-corrected chi connectivity index (χ0v) is 6.30. The molecule has 2 N–H and O–H groups in total. The largest absolute Gasteiger partial charge is 0.327 e. The Morgan fingerprint density at radius 3 is 2.22 bits per heavy atom. The summed E-state index contributed by atoms with van der Waals surface area (Å²) < 4.78 is 0. The third-order valence-electron chi connectivity index (χ3n) is 2.08. The first-order valence-electron chi connectivity index (χ1n) is 3.60. The van der Waals surface area contributed by atoms with E-state index in [0.29, 0.717) is 6.04 Å². The van der Waals surface area contributed by atoms with Crippen molar-refractivity contribution in [2.24, 2.45) is 11.7 Å². The third kappa shape index (κ3) is 1.66. The smallest absolute Gasteiger partial charge is 0.00795 e. The van der Waals surface area contributed by atoms with Gasteiger partial charge in [0.2, 0.25) is 0 Å². The van der Waals surface area contributed by atoms with Crippen LogP contribution in [0.1, 0.15) is 12.8 Å². The first-order valence-corrected chi connectivity index (χ1v) is 3.60. The van der Waals surface area contributed by atoms with Gasteiger partial charge in [0, 0.05) is 12.6 Å². The zero-order valence-electron chi connectivity index (χ0n) is 6.30. The summed E-state index contributed by atoms with van der Waals surface area (Å²) in [4.78, 5) is 2.21. The number of nitrogens with zero attached hydrogens (tertiary/aromatic N) is 1. The van der Waals surface area contributed by atoms with E-state index in [9.17, 15) is 0 Å². The Balaban J connectivity index is 2.13. The summed E-state index contributed by atoms with van der Waals surface area (Å²) in [5, 5.41) is 0. The maximum absolute atomic E-state index is 5.74. The van der Waals surface area contributed by atoms with Gasteiger partial charge in [-0.05, 0) is 32.9 Å². The Morgan fingerprint density at radius 1 is 1.44 bits per heavy atom. The number of hydrogen-bond donors (Lipinski definition) is 1.